The molecule has 310 valence electrons. The van der Waals surface area contributed by atoms with E-state index in [1.807, 2.05) is 60.7 Å². The van der Waals surface area contributed by atoms with Crippen molar-refractivity contribution in [2.45, 2.75) is 113 Å². The Kier molecular flexibility index (Phi) is 14.4. The van der Waals surface area contributed by atoms with E-state index < -0.39 is 11.8 Å². The fourth-order valence-electron chi connectivity index (χ4n) is 11.0. The van der Waals surface area contributed by atoms with Gasteiger partial charge in [-0.3, -0.25) is 9.59 Å². The number of hydrogen-bond donors (Lipinski definition) is 2. The summed E-state index contributed by atoms with van der Waals surface area (Å²) < 4.78 is 14.1. The molecule has 4 fully saturated rings. The minimum Gasteiger partial charge on any atom is -1.00 e. The van der Waals surface area contributed by atoms with Crippen LogP contribution in [0.2, 0.25) is 0 Å². The highest BCUT2D eigenvalue weighted by molar-refractivity contribution is 5.79. The van der Waals surface area contributed by atoms with Gasteiger partial charge in [-0.05, 0) is 22.3 Å². The predicted molar refractivity (Wildman–Crippen MR) is 216 cm³/mol. The van der Waals surface area contributed by atoms with E-state index in [-0.39, 0.29) is 71.3 Å². The Hall–Kier alpha value is -3.38. The standard InChI is InChI=1S/C48H58N2O6.2BrH/c1-49(39-21-22-40(49)26-43(25-39)55-47(53)45(31-51)37-9-5-3-6-10-37)29-33-13-17-35(18-14-33)36-19-15-34(16-20-36)30-50(2)41-23-24-42(50)28-44(27-41)56-48(54)46(32-52)38-11-7-4-8-12-38;;/h3-20,39-46,51-52H,21-32H2,1-2H3;2*1H/q+2;;/p-2. The molecule has 4 heterocycles. The topological polar surface area (TPSA) is 93.1 Å². The maximum absolute atomic E-state index is 13.1. The Morgan fingerprint density at radius 3 is 1.14 bits per heavy atom. The van der Waals surface area contributed by atoms with Crippen LogP contribution in [0.1, 0.15) is 85.5 Å². The van der Waals surface area contributed by atoms with Gasteiger partial charge >= 0.3 is 11.9 Å². The van der Waals surface area contributed by atoms with Crippen LogP contribution in [0.15, 0.2) is 109 Å². The van der Waals surface area contributed by atoms with E-state index in [1.165, 1.54) is 22.3 Å². The Morgan fingerprint density at radius 1 is 0.534 bits per heavy atom. The number of quaternary nitrogens is 2. The first-order valence-electron chi connectivity index (χ1n) is 20.8. The monoisotopic (exact) mass is 916 g/mol. The second-order valence-electron chi connectivity index (χ2n) is 17.5. The number of esters is 2. The van der Waals surface area contributed by atoms with Gasteiger partial charge in [0.1, 0.15) is 37.1 Å². The number of rotatable bonds is 13. The molecule has 4 aliphatic heterocycles. The average Bonchev–Trinajstić information content (AvgIpc) is 3.43. The molecule has 0 radical (unpaired) electrons. The maximum Gasteiger partial charge on any atom is 0.316 e. The van der Waals surface area contributed by atoms with Gasteiger partial charge in [-0.15, -0.1) is 0 Å². The minimum absolute atomic E-state index is 0. The van der Waals surface area contributed by atoms with E-state index in [9.17, 15) is 19.8 Å². The summed E-state index contributed by atoms with van der Waals surface area (Å²) >= 11 is 0. The van der Waals surface area contributed by atoms with Gasteiger partial charge in [-0.1, -0.05) is 109 Å². The first-order valence-corrected chi connectivity index (χ1v) is 20.8. The molecule has 8 rings (SSSR count). The molecular weight excluding hydrogens is 860 g/mol. The SMILES string of the molecule is C[N+]1(Cc2ccc(-c3ccc(C[N+]4(C)C5CCC4CC(OC(=O)C(CO)c4ccccc4)C5)cc3)cc2)C2CCC1CC(OC(=O)C(CO)c1ccccc1)C2.[Br-].[Br-]. The van der Waals surface area contributed by atoms with Crippen molar-refractivity contribution in [2.24, 2.45) is 0 Å². The highest BCUT2D eigenvalue weighted by Crippen LogP contribution is 2.45. The number of aliphatic hydroxyl groups is 2. The minimum atomic E-state index is -0.637. The second kappa shape index (κ2) is 18.9. The van der Waals surface area contributed by atoms with E-state index in [2.05, 4.69) is 62.6 Å². The van der Waals surface area contributed by atoms with Crippen LogP contribution in [0.3, 0.4) is 0 Å². The van der Waals surface area contributed by atoms with Gasteiger partial charge in [-0.2, -0.15) is 0 Å². The molecule has 4 aromatic carbocycles. The van der Waals surface area contributed by atoms with Gasteiger partial charge in [0.2, 0.25) is 0 Å². The van der Waals surface area contributed by atoms with E-state index in [0.717, 1.165) is 84.5 Å². The second-order valence-corrected chi connectivity index (χ2v) is 17.5. The largest absolute Gasteiger partial charge is 1.00 e. The van der Waals surface area contributed by atoms with E-state index in [1.54, 1.807) is 0 Å². The van der Waals surface area contributed by atoms with Gasteiger partial charge in [0, 0.05) is 62.5 Å². The molecule has 58 heavy (non-hydrogen) atoms. The van der Waals surface area contributed by atoms with E-state index in [0.29, 0.717) is 24.2 Å². The van der Waals surface area contributed by atoms with E-state index in [4.69, 9.17) is 9.47 Å². The molecule has 4 bridgehead atoms. The number of aliphatic hydroxyl groups excluding tert-OH is 2. The van der Waals surface area contributed by atoms with Gasteiger partial charge in [0.05, 0.1) is 51.5 Å². The zero-order chi connectivity index (χ0) is 38.9. The van der Waals surface area contributed by atoms with Gasteiger partial charge < -0.3 is 62.6 Å². The van der Waals surface area contributed by atoms with Crippen molar-refractivity contribution in [3.05, 3.63) is 131 Å². The molecule has 4 aromatic rings. The number of piperidine rings is 2. The number of ether oxygens (including phenoxy) is 2. The third-order valence-electron chi connectivity index (χ3n) is 14.3. The predicted octanol–water partition coefficient (Wildman–Crippen LogP) is 1.28. The fourth-order valence-corrected chi connectivity index (χ4v) is 11.0. The summed E-state index contributed by atoms with van der Waals surface area (Å²) in [6.07, 6.45) is 7.85. The third kappa shape index (κ3) is 9.03. The first kappa shape index (κ1) is 44.2. The molecule has 8 nitrogen and oxygen atoms in total. The maximum atomic E-state index is 13.1. The number of halogens is 2. The summed E-state index contributed by atoms with van der Waals surface area (Å²) in [5, 5.41) is 20.0. The molecule has 0 amide bonds. The molecule has 4 aliphatic rings. The van der Waals surface area contributed by atoms with Gasteiger partial charge in [-0.25, -0.2) is 0 Å². The van der Waals surface area contributed by atoms with Gasteiger partial charge in [0.25, 0.3) is 0 Å². The molecule has 0 saturated carbocycles. The number of fused-ring (bicyclic) bond motifs is 4. The lowest BCUT2D eigenvalue weighted by Crippen LogP contribution is -3.00. The number of carbonyl (C=O) groups excluding carboxylic acids is 2. The molecule has 6 unspecified atom stereocenters. The number of nitrogens with zero attached hydrogens (tertiary/aromatic N) is 2. The van der Waals surface area contributed by atoms with Crippen LogP contribution in [-0.2, 0) is 32.2 Å². The molecule has 4 saturated heterocycles. The summed E-state index contributed by atoms with van der Waals surface area (Å²) in [5.41, 5.74) is 6.69. The first-order chi connectivity index (χ1) is 27.2. The summed E-state index contributed by atoms with van der Waals surface area (Å²) in [5.74, 6) is -1.91. The third-order valence-corrected chi connectivity index (χ3v) is 14.3. The molecule has 0 spiro atoms. The lowest BCUT2D eigenvalue weighted by molar-refractivity contribution is -0.961. The smallest absolute Gasteiger partial charge is 0.316 e. The van der Waals surface area contributed by atoms with Gasteiger partial charge in [0.15, 0.2) is 0 Å². The Labute approximate surface area is 364 Å². The summed E-state index contributed by atoms with van der Waals surface area (Å²) in [6, 6.07) is 38.8. The van der Waals surface area contributed by atoms with Crippen LogP contribution < -0.4 is 34.0 Å². The highest BCUT2D eigenvalue weighted by atomic mass is 79.9. The Bertz CT molecular complexity index is 1790. The van der Waals surface area contributed by atoms with Crippen LogP contribution >= 0.6 is 0 Å². The van der Waals surface area contributed by atoms with Crippen LogP contribution in [0.5, 0.6) is 0 Å². The van der Waals surface area contributed by atoms with E-state index >= 15 is 0 Å². The molecule has 0 aliphatic carbocycles. The number of benzene rings is 4. The van der Waals surface area contributed by atoms with Crippen LogP contribution in [0.25, 0.3) is 11.1 Å². The highest BCUT2D eigenvalue weighted by Gasteiger charge is 2.54. The van der Waals surface area contributed by atoms with Crippen LogP contribution in [0.4, 0.5) is 0 Å². The molecule has 2 N–H and O–H groups in total. The van der Waals surface area contributed by atoms with Crippen LogP contribution in [-0.4, -0.2) is 94.8 Å². The van der Waals surface area contributed by atoms with Crippen molar-refractivity contribution in [3.63, 3.8) is 0 Å². The average molecular weight is 919 g/mol. The molecule has 6 atom stereocenters. The number of carbonyl (C=O) groups is 2. The summed E-state index contributed by atoms with van der Waals surface area (Å²) in [6.45, 7) is 1.43. The lowest BCUT2D eigenvalue weighted by atomic mass is 9.94. The zero-order valence-electron chi connectivity index (χ0n) is 33.7. The molecular formula is C48H58Br2N2O6. The van der Waals surface area contributed by atoms with Crippen molar-refractivity contribution in [2.75, 3.05) is 27.3 Å². The van der Waals surface area contributed by atoms with Crippen molar-refractivity contribution >= 4 is 11.9 Å². The summed E-state index contributed by atoms with van der Waals surface area (Å²) in [4.78, 5) is 26.2. The normalized spacial score (nSPS) is 29.3. The van der Waals surface area contributed by atoms with Crippen LogP contribution in [0, 0.1) is 0 Å². The van der Waals surface area contributed by atoms with Crippen molar-refractivity contribution in [3.8, 4) is 11.1 Å². The zero-order valence-corrected chi connectivity index (χ0v) is 36.8. The molecule has 10 heteroatoms. The number of hydrogen-bond acceptors (Lipinski definition) is 6. The Balaban J connectivity index is 0.00000283. The fraction of sp³-hybridized carbons (Fsp3) is 0.458. The quantitative estimate of drug-likeness (QED) is 0.155. The molecule has 0 aromatic heterocycles. The lowest BCUT2D eigenvalue weighted by Gasteiger charge is -2.47. The van der Waals surface area contributed by atoms with Crippen molar-refractivity contribution in [1.82, 2.24) is 0 Å². The van der Waals surface area contributed by atoms with Crippen molar-refractivity contribution in [1.29, 1.82) is 0 Å². The summed E-state index contributed by atoms with van der Waals surface area (Å²) in [7, 11) is 4.77. The Morgan fingerprint density at radius 2 is 0.845 bits per heavy atom. The van der Waals surface area contributed by atoms with Crippen molar-refractivity contribution < 1.29 is 72.2 Å².